The minimum atomic E-state index is 0.160. The molecule has 3 heterocycles. The second kappa shape index (κ2) is 8.29. The lowest BCUT2D eigenvalue weighted by atomic mass is 10.0. The molecule has 3 aliphatic heterocycles. The topological polar surface area (TPSA) is 53.2 Å². The summed E-state index contributed by atoms with van der Waals surface area (Å²) in [4.78, 5) is 12.4. The lowest BCUT2D eigenvalue weighted by molar-refractivity contribution is -0.121. The Hall–Kier alpha value is -1.43. The molecule has 1 unspecified atom stereocenters. The average Bonchev–Trinajstić information content (AvgIpc) is 3.33. The molecule has 27 heavy (non-hydrogen) atoms. The van der Waals surface area contributed by atoms with Crippen LogP contribution in [0.15, 0.2) is 24.3 Å². The van der Waals surface area contributed by atoms with Crippen LogP contribution in [0, 0.1) is 0 Å². The van der Waals surface area contributed by atoms with Crippen molar-refractivity contribution in [1.29, 1.82) is 0 Å². The van der Waals surface area contributed by atoms with E-state index in [1.54, 1.807) is 0 Å². The number of hydrogen-bond acceptors (Lipinski definition) is 3. The molecular formula is C22H35N4O+. The number of piperidine rings is 1. The molecule has 0 radical (unpaired) electrons. The zero-order chi connectivity index (χ0) is 18.7. The Kier molecular flexibility index (Phi) is 5.81. The molecule has 5 heteroatoms. The molecule has 0 saturated carbocycles. The molecule has 4 rings (SSSR count). The van der Waals surface area contributed by atoms with Crippen molar-refractivity contribution in [2.24, 2.45) is 0 Å². The molecule has 1 aromatic rings. The first-order valence-electron chi connectivity index (χ1n) is 10.9. The molecule has 148 valence electrons. The van der Waals surface area contributed by atoms with Crippen LogP contribution in [0.2, 0.25) is 0 Å². The first-order chi connectivity index (χ1) is 13.2. The number of benzene rings is 1. The van der Waals surface area contributed by atoms with Crippen LogP contribution in [0.25, 0.3) is 0 Å². The molecule has 3 aliphatic rings. The fourth-order valence-corrected chi connectivity index (χ4v) is 5.59. The van der Waals surface area contributed by atoms with Gasteiger partial charge < -0.3 is 16.0 Å². The number of hydrogen-bond donors (Lipinski definition) is 3. The van der Waals surface area contributed by atoms with Crippen molar-refractivity contribution in [3.8, 4) is 0 Å². The third kappa shape index (κ3) is 3.91. The van der Waals surface area contributed by atoms with Crippen LogP contribution in [0.4, 0.5) is 5.69 Å². The molecule has 3 atom stereocenters. The molecule has 3 saturated heterocycles. The normalized spacial score (nSPS) is 31.9. The fraction of sp³-hybridized carbons (Fsp3) is 0.682. The smallest absolute Gasteiger partial charge is 0.224 e. The summed E-state index contributed by atoms with van der Waals surface area (Å²) < 4.78 is 1.13. The summed E-state index contributed by atoms with van der Waals surface area (Å²) in [5.74, 6) is 0.160. The Morgan fingerprint density at radius 2 is 1.81 bits per heavy atom. The van der Waals surface area contributed by atoms with Gasteiger partial charge >= 0.3 is 0 Å². The van der Waals surface area contributed by atoms with Gasteiger partial charge in [-0.25, -0.2) is 0 Å². The van der Waals surface area contributed by atoms with Gasteiger partial charge in [-0.05, 0) is 50.6 Å². The third-order valence-corrected chi connectivity index (χ3v) is 7.11. The SMILES string of the molecule is C[C@H]1CCC[N+]1(c1ccc(CC(=O)NC2CCNCC2)cc1)[C@H]1CCNC1. The Labute approximate surface area is 163 Å². The van der Waals surface area contributed by atoms with Crippen molar-refractivity contribution >= 4 is 11.6 Å². The summed E-state index contributed by atoms with van der Waals surface area (Å²) in [5, 5.41) is 10.1. The molecular weight excluding hydrogens is 336 g/mol. The Morgan fingerprint density at radius 1 is 1.07 bits per heavy atom. The van der Waals surface area contributed by atoms with Crippen LogP contribution in [-0.4, -0.2) is 56.8 Å². The van der Waals surface area contributed by atoms with Gasteiger partial charge in [0, 0.05) is 38.4 Å². The second-order valence-electron chi connectivity index (χ2n) is 8.73. The Morgan fingerprint density at radius 3 is 2.44 bits per heavy atom. The summed E-state index contributed by atoms with van der Waals surface area (Å²) >= 11 is 0. The van der Waals surface area contributed by atoms with Gasteiger partial charge in [0.2, 0.25) is 5.91 Å². The van der Waals surface area contributed by atoms with Crippen LogP contribution in [0.3, 0.4) is 0 Å². The van der Waals surface area contributed by atoms with E-state index in [1.165, 1.54) is 31.5 Å². The summed E-state index contributed by atoms with van der Waals surface area (Å²) in [6.45, 7) is 7.97. The van der Waals surface area contributed by atoms with Gasteiger partial charge in [0.25, 0.3) is 0 Å². The van der Waals surface area contributed by atoms with Crippen LogP contribution in [0.5, 0.6) is 0 Å². The zero-order valence-corrected chi connectivity index (χ0v) is 16.7. The molecule has 1 aromatic carbocycles. The van der Waals surface area contributed by atoms with Gasteiger partial charge in [0.1, 0.15) is 11.7 Å². The van der Waals surface area contributed by atoms with E-state index < -0.39 is 0 Å². The van der Waals surface area contributed by atoms with Crippen molar-refractivity contribution in [3.63, 3.8) is 0 Å². The zero-order valence-electron chi connectivity index (χ0n) is 16.7. The highest BCUT2D eigenvalue weighted by Gasteiger charge is 2.47. The molecule has 0 bridgehead atoms. The number of rotatable bonds is 5. The maximum absolute atomic E-state index is 12.4. The number of carbonyl (C=O) groups is 1. The first-order valence-corrected chi connectivity index (χ1v) is 10.9. The molecule has 0 spiro atoms. The molecule has 1 amide bonds. The van der Waals surface area contributed by atoms with Gasteiger partial charge in [0.15, 0.2) is 0 Å². The lowest BCUT2D eigenvalue weighted by Gasteiger charge is -2.43. The van der Waals surface area contributed by atoms with Gasteiger partial charge in [-0.15, -0.1) is 0 Å². The van der Waals surface area contributed by atoms with E-state index in [-0.39, 0.29) is 5.91 Å². The van der Waals surface area contributed by atoms with Crippen molar-refractivity contribution in [2.75, 3.05) is 32.7 Å². The summed E-state index contributed by atoms with van der Waals surface area (Å²) in [6, 6.07) is 10.7. The molecule has 0 aliphatic carbocycles. The number of likely N-dealkylation sites (tertiary alicyclic amines) is 1. The first kappa shape index (κ1) is 18.9. The van der Waals surface area contributed by atoms with Crippen LogP contribution in [0.1, 0.15) is 44.6 Å². The van der Waals surface area contributed by atoms with Crippen molar-refractivity contribution in [2.45, 2.75) is 63.6 Å². The monoisotopic (exact) mass is 371 g/mol. The average molecular weight is 372 g/mol. The van der Waals surface area contributed by atoms with Gasteiger partial charge in [0.05, 0.1) is 19.0 Å². The fourth-order valence-electron chi connectivity index (χ4n) is 5.59. The molecule has 0 aromatic heterocycles. The molecule has 3 fully saturated rings. The number of quaternary nitrogens is 1. The quantitative estimate of drug-likeness (QED) is 0.694. The van der Waals surface area contributed by atoms with E-state index in [2.05, 4.69) is 47.1 Å². The minimum absolute atomic E-state index is 0.160. The van der Waals surface area contributed by atoms with Crippen LogP contribution < -0.4 is 20.4 Å². The molecule has 3 N–H and O–H groups in total. The largest absolute Gasteiger partial charge is 0.353 e. The van der Waals surface area contributed by atoms with Crippen molar-refractivity contribution in [3.05, 3.63) is 29.8 Å². The maximum atomic E-state index is 12.4. The third-order valence-electron chi connectivity index (χ3n) is 7.11. The second-order valence-corrected chi connectivity index (χ2v) is 8.73. The Balaban J connectivity index is 1.43. The maximum Gasteiger partial charge on any atom is 0.224 e. The van der Waals surface area contributed by atoms with Crippen LogP contribution >= 0.6 is 0 Å². The summed E-state index contributed by atoms with van der Waals surface area (Å²) in [5.41, 5.74) is 2.57. The highest BCUT2D eigenvalue weighted by molar-refractivity contribution is 5.79. The van der Waals surface area contributed by atoms with E-state index >= 15 is 0 Å². The standard InChI is InChI=1S/C22H34N4O/c1-17-3-2-14-26(17,21-10-13-24-16-21)20-6-4-18(5-7-20)15-22(27)25-19-8-11-23-12-9-19/h4-7,17,19,21,23-24H,2-3,8-16H2,1H3/p+1/t17-,21-,26?/m0/s1. The van der Waals surface area contributed by atoms with Crippen molar-refractivity contribution in [1.82, 2.24) is 20.4 Å². The predicted molar refractivity (Wildman–Crippen MR) is 111 cm³/mol. The van der Waals surface area contributed by atoms with Gasteiger partial charge in [-0.2, -0.15) is 0 Å². The summed E-state index contributed by atoms with van der Waals surface area (Å²) in [6.07, 6.45) is 6.47. The minimum Gasteiger partial charge on any atom is -0.353 e. The van der Waals surface area contributed by atoms with Gasteiger partial charge in [-0.1, -0.05) is 12.1 Å². The highest BCUT2D eigenvalue weighted by Crippen LogP contribution is 2.39. The van der Waals surface area contributed by atoms with E-state index in [0.29, 0.717) is 24.5 Å². The van der Waals surface area contributed by atoms with E-state index in [0.717, 1.165) is 49.1 Å². The molecule has 5 nitrogen and oxygen atoms in total. The number of amides is 1. The number of carbonyl (C=O) groups excluding carboxylic acids is 1. The van der Waals surface area contributed by atoms with Crippen molar-refractivity contribution < 1.29 is 4.79 Å². The highest BCUT2D eigenvalue weighted by atomic mass is 16.1. The van der Waals surface area contributed by atoms with Gasteiger partial charge in [-0.3, -0.25) is 9.28 Å². The number of nitrogens with one attached hydrogen (secondary N) is 3. The van der Waals surface area contributed by atoms with E-state index in [1.807, 2.05) is 0 Å². The Bertz CT molecular complexity index is 634. The summed E-state index contributed by atoms with van der Waals surface area (Å²) in [7, 11) is 0. The predicted octanol–water partition coefficient (Wildman–Crippen LogP) is 1.95. The van der Waals surface area contributed by atoms with Crippen LogP contribution in [-0.2, 0) is 11.2 Å². The number of nitrogens with zero attached hydrogens (tertiary/aromatic N) is 1. The lowest BCUT2D eigenvalue weighted by Crippen LogP contribution is -2.59. The van der Waals surface area contributed by atoms with E-state index in [4.69, 9.17) is 0 Å². The van der Waals surface area contributed by atoms with E-state index in [9.17, 15) is 4.79 Å².